The predicted octanol–water partition coefficient (Wildman–Crippen LogP) is 4.57. The van der Waals surface area contributed by atoms with Gasteiger partial charge in [-0.05, 0) is 61.0 Å². The van der Waals surface area contributed by atoms with Gasteiger partial charge in [0.1, 0.15) is 24.0 Å². The van der Waals surface area contributed by atoms with Gasteiger partial charge in [-0.2, -0.15) is 15.1 Å². The second kappa shape index (κ2) is 10.4. The quantitative estimate of drug-likeness (QED) is 0.431. The third-order valence-electron chi connectivity index (χ3n) is 4.73. The molecule has 9 heteroatoms. The molecular weight excluding hydrogens is 440 g/mol. The Morgan fingerprint density at radius 2 is 1.82 bits per heavy atom. The summed E-state index contributed by atoms with van der Waals surface area (Å²) in [5.74, 6) is 1.47. The SMILES string of the molecule is CCOc1cc(/C=C2/C(=N)N3N=C(CC)SC3=NC2=O)ccc1OCCOc1ccccc1. The highest BCUT2D eigenvalue weighted by atomic mass is 32.2. The Morgan fingerprint density at radius 3 is 2.58 bits per heavy atom. The van der Waals surface area contributed by atoms with Crippen LogP contribution in [-0.2, 0) is 4.79 Å². The normalized spacial score (nSPS) is 16.4. The number of rotatable bonds is 9. The molecule has 1 amide bonds. The topological polar surface area (TPSA) is 96.6 Å². The van der Waals surface area contributed by atoms with Crippen molar-refractivity contribution < 1.29 is 19.0 Å². The van der Waals surface area contributed by atoms with Gasteiger partial charge in [0.05, 0.1) is 12.2 Å². The summed E-state index contributed by atoms with van der Waals surface area (Å²) in [4.78, 5) is 16.7. The van der Waals surface area contributed by atoms with E-state index < -0.39 is 5.91 Å². The predicted molar refractivity (Wildman–Crippen MR) is 130 cm³/mol. The van der Waals surface area contributed by atoms with Crippen molar-refractivity contribution in [3.63, 3.8) is 0 Å². The van der Waals surface area contributed by atoms with Crippen LogP contribution in [0.1, 0.15) is 25.8 Å². The summed E-state index contributed by atoms with van der Waals surface area (Å²) in [7, 11) is 0. The van der Waals surface area contributed by atoms with Crippen molar-refractivity contribution in [1.29, 1.82) is 5.41 Å². The first-order valence-corrected chi connectivity index (χ1v) is 11.5. The Bertz CT molecular complexity index is 1140. The summed E-state index contributed by atoms with van der Waals surface area (Å²) >= 11 is 1.32. The van der Waals surface area contributed by atoms with Gasteiger partial charge in [0.2, 0.25) is 5.17 Å². The van der Waals surface area contributed by atoms with Crippen LogP contribution in [0.4, 0.5) is 0 Å². The lowest BCUT2D eigenvalue weighted by Crippen LogP contribution is -2.35. The third-order valence-corrected chi connectivity index (χ3v) is 5.78. The van der Waals surface area contributed by atoms with E-state index in [4.69, 9.17) is 19.6 Å². The molecule has 8 nitrogen and oxygen atoms in total. The second-order valence-corrected chi connectivity index (χ2v) is 8.06. The van der Waals surface area contributed by atoms with Crippen molar-refractivity contribution in [2.45, 2.75) is 20.3 Å². The zero-order valence-electron chi connectivity index (χ0n) is 18.4. The highest BCUT2D eigenvalue weighted by Gasteiger charge is 2.35. The fourth-order valence-corrected chi connectivity index (χ4v) is 4.00. The van der Waals surface area contributed by atoms with Crippen LogP contribution < -0.4 is 14.2 Å². The number of amidine groups is 2. The molecule has 33 heavy (non-hydrogen) atoms. The van der Waals surface area contributed by atoms with Gasteiger partial charge in [-0.15, -0.1) is 0 Å². The van der Waals surface area contributed by atoms with Gasteiger partial charge < -0.3 is 14.2 Å². The molecule has 0 saturated heterocycles. The zero-order valence-corrected chi connectivity index (χ0v) is 19.2. The number of hydrogen-bond acceptors (Lipinski definition) is 7. The molecule has 2 heterocycles. The van der Waals surface area contributed by atoms with Crippen LogP contribution in [0.5, 0.6) is 17.2 Å². The Kier molecular flexibility index (Phi) is 7.09. The van der Waals surface area contributed by atoms with Gasteiger partial charge in [0, 0.05) is 0 Å². The Hall–Kier alpha value is -3.59. The maximum absolute atomic E-state index is 12.6. The monoisotopic (exact) mass is 464 g/mol. The minimum absolute atomic E-state index is 0.0114. The summed E-state index contributed by atoms with van der Waals surface area (Å²) in [6, 6.07) is 14.9. The average molecular weight is 465 g/mol. The molecule has 2 aromatic carbocycles. The molecule has 0 atom stereocenters. The number of para-hydroxylation sites is 1. The van der Waals surface area contributed by atoms with Crippen molar-refractivity contribution in [1.82, 2.24) is 5.01 Å². The largest absolute Gasteiger partial charge is 0.490 e. The summed E-state index contributed by atoms with van der Waals surface area (Å²) in [6.07, 6.45) is 2.34. The smallest absolute Gasteiger partial charge is 0.283 e. The van der Waals surface area contributed by atoms with Gasteiger partial charge in [0.25, 0.3) is 5.91 Å². The zero-order chi connectivity index (χ0) is 23.2. The van der Waals surface area contributed by atoms with E-state index in [2.05, 4.69) is 10.1 Å². The molecule has 0 radical (unpaired) electrons. The van der Waals surface area contributed by atoms with Crippen LogP contribution in [0.3, 0.4) is 0 Å². The van der Waals surface area contributed by atoms with Crippen molar-refractivity contribution >= 4 is 39.8 Å². The minimum atomic E-state index is -0.456. The highest BCUT2D eigenvalue weighted by Crippen LogP contribution is 2.32. The molecule has 4 rings (SSSR count). The molecule has 2 aliphatic rings. The number of hydrazone groups is 1. The molecule has 170 valence electrons. The number of benzene rings is 2. The number of nitrogens with one attached hydrogen (secondary N) is 1. The minimum Gasteiger partial charge on any atom is -0.490 e. The van der Waals surface area contributed by atoms with Crippen LogP contribution >= 0.6 is 11.8 Å². The first-order valence-electron chi connectivity index (χ1n) is 10.7. The molecule has 0 saturated carbocycles. The summed E-state index contributed by atoms with van der Waals surface area (Å²) in [5, 5.41) is 15.5. The van der Waals surface area contributed by atoms with Crippen molar-refractivity contribution in [3.8, 4) is 17.2 Å². The van der Waals surface area contributed by atoms with E-state index in [-0.39, 0.29) is 11.4 Å². The number of thioether (sulfide) groups is 1. The van der Waals surface area contributed by atoms with Crippen LogP contribution in [0.25, 0.3) is 6.08 Å². The van der Waals surface area contributed by atoms with E-state index in [1.807, 2.05) is 50.2 Å². The molecule has 0 bridgehead atoms. The van der Waals surface area contributed by atoms with Crippen LogP contribution in [0.15, 0.2) is 64.2 Å². The maximum Gasteiger partial charge on any atom is 0.283 e. The van der Waals surface area contributed by atoms with Crippen LogP contribution in [0.2, 0.25) is 0 Å². The molecule has 1 N–H and O–H groups in total. The molecule has 0 fully saturated rings. The average Bonchev–Trinajstić information content (AvgIpc) is 3.25. The maximum atomic E-state index is 12.6. The number of aliphatic imine (C=N–C) groups is 1. The second-order valence-electron chi connectivity index (χ2n) is 7.02. The van der Waals surface area contributed by atoms with Crippen LogP contribution in [0, 0.1) is 5.41 Å². The lowest BCUT2D eigenvalue weighted by molar-refractivity contribution is -0.114. The summed E-state index contributed by atoms with van der Waals surface area (Å²) < 4.78 is 17.2. The Morgan fingerprint density at radius 1 is 1.03 bits per heavy atom. The molecule has 0 aromatic heterocycles. The molecule has 0 aliphatic carbocycles. The number of fused-ring (bicyclic) bond motifs is 1. The number of hydrogen-bond donors (Lipinski definition) is 1. The van der Waals surface area contributed by atoms with Crippen molar-refractivity contribution in [2.24, 2.45) is 10.1 Å². The van der Waals surface area contributed by atoms with E-state index in [0.717, 1.165) is 17.2 Å². The number of carbonyl (C=O) groups excluding carboxylic acids is 1. The molecule has 2 aromatic rings. The van der Waals surface area contributed by atoms with Gasteiger partial charge in [0.15, 0.2) is 17.3 Å². The number of nitrogens with zero attached hydrogens (tertiary/aromatic N) is 3. The highest BCUT2D eigenvalue weighted by molar-refractivity contribution is 8.26. The molecule has 0 spiro atoms. The van der Waals surface area contributed by atoms with E-state index in [1.165, 1.54) is 16.8 Å². The number of amides is 1. The van der Waals surface area contributed by atoms with E-state index in [0.29, 0.717) is 42.1 Å². The van der Waals surface area contributed by atoms with Gasteiger partial charge in [-0.3, -0.25) is 10.2 Å². The van der Waals surface area contributed by atoms with E-state index >= 15 is 0 Å². The Labute approximate surface area is 196 Å². The molecular formula is C24H24N4O4S. The molecule has 2 aliphatic heterocycles. The number of carbonyl (C=O) groups is 1. The standard InChI is InChI=1S/C24H24N4O4S/c1-3-21-27-28-22(25)18(23(29)26-24(28)33-21)14-16-10-11-19(20(15-16)30-4-2)32-13-12-31-17-8-6-5-7-9-17/h5-11,14-15,25H,3-4,12-13H2,1-2H3/b18-14-,25-22?. The third kappa shape index (κ3) is 5.25. The van der Waals surface area contributed by atoms with E-state index in [1.54, 1.807) is 18.2 Å². The van der Waals surface area contributed by atoms with Gasteiger partial charge >= 0.3 is 0 Å². The first kappa shape index (κ1) is 22.6. The Balaban J connectivity index is 1.48. The summed E-state index contributed by atoms with van der Waals surface area (Å²) in [5.41, 5.74) is 0.873. The summed E-state index contributed by atoms with van der Waals surface area (Å²) in [6.45, 7) is 5.05. The number of ether oxygens (including phenoxy) is 3. The van der Waals surface area contributed by atoms with E-state index in [9.17, 15) is 4.79 Å². The molecule has 0 unspecified atom stereocenters. The lowest BCUT2D eigenvalue weighted by Gasteiger charge is -2.20. The van der Waals surface area contributed by atoms with Gasteiger partial charge in [-0.25, -0.2) is 0 Å². The fraction of sp³-hybridized carbons (Fsp3) is 0.250. The van der Waals surface area contributed by atoms with Gasteiger partial charge in [-0.1, -0.05) is 31.2 Å². The first-order chi connectivity index (χ1) is 16.1. The fourth-order valence-electron chi connectivity index (χ4n) is 3.17. The van der Waals surface area contributed by atoms with Crippen LogP contribution in [-0.4, -0.2) is 46.8 Å². The van der Waals surface area contributed by atoms with Crippen molar-refractivity contribution in [3.05, 3.63) is 59.7 Å². The van der Waals surface area contributed by atoms with Crippen molar-refractivity contribution in [2.75, 3.05) is 19.8 Å². The lowest BCUT2D eigenvalue weighted by atomic mass is 10.1.